The van der Waals surface area contributed by atoms with Crippen molar-refractivity contribution in [3.05, 3.63) is 53.9 Å². The van der Waals surface area contributed by atoms with Gasteiger partial charge in [0.25, 0.3) is 11.8 Å². The monoisotopic (exact) mass is 311 g/mol. The Morgan fingerprint density at radius 1 is 1.13 bits per heavy atom. The van der Waals surface area contributed by atoms with Gasteiger partial charge >= 0.3 is 0 Å². The first-order valence-electron chi connectivity index (χ1n) is 7.38. The maximum Gasteiger partial charge on any atom is 0.274 e. The quantitative estimate of drug-likeness (QED) is 0.887. The highest BCUT2D eigenvalue weighted by molar-refractivity contribution is 6.04. The topological polar surface area (TPSA) is 80.3 Å². The molecule has 0 bridgehead atoms. The molecule has 1 aromatic heterocycles. The summed E-state index contributed by atoms with van der Waals surface area (Å²) in [5, 5.41) is 5.63. The Bertz CT molecular complexity index is 724. The van der Waals surface area contributed by atoms with Crippen LogP contribution in [-0.2, 0) is 0 Å². The molecule has 2 N–H and O–H groups in total. The molecule has 1 aromatic carbocycles. The van der Waals surface area contributed by atoms with E-state index in [9.17, 15) is 9.59 Å². The lowest BCUT2D eigenvalue weighted by Gasteiger charge is -2.07. The maximum absolute atomic E-state index is 12.2. The van der Waals surface area contributed by atoms with Gasteiger partial charge in [0.1, 0.15) is 11.4 Å². The molecule has 0 atom stereocenters. The van der Waals surface area contributed by atoms with Gasteiger partial charge in [-0.05, 0) is 49.2 Å². The molecular formula is C17H17N3O3. The number of hydrogen-bond acceptors (Lipinski definition) is 4. The second-order valence-corrected chi connectivity index (χ2v) is 5.36. The van der Waals surface area contributed by atoms with Crippen molar-refractivity contribution in [1.82, 2.24) is 10.3 Å². The van der Waals surface area contributed by atoms with E-state index in [-0.39, 0.29) is 23.6 Å². The van der Waals surface area contributed by atoms with E-state index in [0.29, 0.717) is 17.0 Å². The van der Waals surface area contributed by atoms with Gasteiger partial charge in [0.2, 0.25) is 0 Å². The van der Waals surface area contributed by atoms with Gasteiger partial charge in [-0.1, -0.05) is 0 Å². The molecule has 0 spiro atoms. The number of nitrogens with zero attached hydrogens (tertiary/aromatic N) is 1. The van der Waals surface area contributed by atoms with Crippen molar-refractivity contribution in [2.24, 2.45) is 0 Å². The van der Waals surface area contributed by atoms with Crippen LogP contribution in [0.5, 0.6) is 5.75 Å². The highest BCUT2D eigenvalue weighted by atomic mass is 16.5. The first-order chi connectivity index (χ1) is 11.2. The van der Waals surface area contributed by atoms with E-state index in [1.54, 1.807) is 37.4 Å². The summed E-state index contributed by atoms with van der Waals surface area (Å²) in [6, 6.07) is 10.3. The summed E-state index contributed by atoms with van der Waals surface area (Å²) in [5.41, 5.74) is 1.27. The summed E-state index contributed by atoms with van der Waals surface area (Å²) in [7, 11) is 1.58. The molecule has 0 aliphatic heterocycles. The molecule has 1 aliphatic carbocycles. The van der Waals surface area contributed by atoms with Crippen LogP contribution in [0.15, 0.2) is 42.6 Å². The van der Waals surface area contributed by atoms with Gasteiger partial charge in [0.15, 0.2) is 0 Å². The third-order valence-electron chi connectivity index (χ3n) is 3.52. The van der Waals surface area contributed by atoms with Crippen LogP contribution in [0, 0.1) is 0 Å². The zero-order valence-electron chi connectivity index (χ0n) is 12.7. The lowest BCUT2D eigenvalue weighted by molar-refractivity contribution is 0.0951. The molecule has 0 radical (unpaired) electrons. The van der Waals surface area contributed by atoms with Crippen LogP contribution < -0.4 is 15.4 Å². The zero-order chi connectivity index (χ0) is 16.2. The molecule has 118 valence electrons. The lowest BCUT2D eigenvalue weighted by atomic mass is 10.2. The lowest BCUT2D eigenvalue weighted by Crippen LogP contribution is -2.26. The predicted octanol–water partition coefficient (Wildman–Crippen LogP) is 2.23. The fourth-order valence-electron chi connectivity index (χ4n) is 2.06. The van der Waals surface area contributed by atoms with Crippen molar-refractivity contribution < 1.29 is 14.3 Å². The molecule has 3 rings (SSSR count). The second-order valence-electron chi connectivity index (χ2n) is 5.36. The Labute approximate surface area is 133 Å². The molecule has 1 aliphatic rings. The number of hydrogen-bond donors (Lipinski definition) is 2. The van der Waals surface area contributed by atoms with Gasteiger partial charge < -0.3 is 15.4 Å². The summed E-state index contributed by atoms with van der Waals surface area (Å²) in [6.45, 7) is 0. The van der Waals surface area contributed by atoms with Crippen molar-refractivity contribution in [3.8, 4) is 5.75 Å². The highest BCUT2D eigenvalue weighted by Gasteiger charge is 2.24. The van der Waals surface area contributed by atoms with Crippen LogP contribution in [0.2, 0.25) is 0 Å². The van der Waals surface area contributed by atoms with Crippen molar-refractivity contribution in [2.75, 3.05) is 12.4 Å². The fourth-order valence-corrected chi connectivity index (χ4v) is 2.06. The van der Waals surface area contributed by atoms with Crippen molar-refractivity contribution in [2.45, 2.75) is 18.9 Å². The minimum atomic E-state index is -0.365. The van der Waals surface area contributed by atoms with E-state index in [0.717, 1.165) is 12.8 Å². The zero-order valence-corrected chi connectivity index (χ0v) is 12.7. The van der Waals surface area contributed by atoms with Crippen LogP contribution in [0.25, 0.3) is 0 Å². The number of ether oxygens (including phenoxy) is 1. The van der Waals surface area contributed by atoms with Gasteiger partial charge in [-0.15, -0.1) is 0 Å². The Morgan fingerprint density at radius 3 is 2.52 bits per heavy atom. The number of carbonyl (C=O) groups is 2. The number of benzene rings is 1. The number of pyridine rings is 1. The van der Waals surface area contributed by atoms with Gasteiger partial charge in [0.05, 0.1) is 7.11 Å². The Kier molecular flexibility index (Phi) is 4.23. The summed E-state index contributed by atoms with van der Waals surface area (Å²) in [6.07, 6.45) is 3.49. The number of amides is 2. The average Bonchev–Trinajstić information content (AvgIpc) is 3.39. The SMILES string of the molecule is COc1ccc(NC(=O)c2cc(C(=O)NC3CC3)ccn2)cc1. The summed E-state index contributed by atoms with van der Waals surface area (Å²) in [5.74, 6) is 0.171. The Morgan fingerprint density at radius 2 is 1.87 bits per heavy atom. The smallest absolute Gasteiger partial charge is 0.274 e. The molecule has 2 amide bonds. The summed E-state index contributed by atoms with van der Waals surface area (Å²) in [4.78, 5) is 28.3. The maximum atomic E-state index is 12.2. The molecule has 0 saturated heterocycles. The van der Waals surface area contributed by atoms with Crippen molar-refractivity contribution in [1.29, 1.82) is 0 Å². The highest BCUT2D eigenvalue weighted by Crippen LogP contribution is 2.19. The average molecular weight is 311 g/mol. The number of methoxy groups -OCH3 is 1. The minimum Gasteiger partial charge on any atom is -0.497 e. The molecule has 1 heterocycles. The van der Waals surface area contributed by atoms with E-state index < -0.39 is 0 Å². The van der Waals surface area contributed by atoms with Crippen LogP contribution in [0.4, 0.5) is 5.69 Å². The van der Waals surface area contributed by atoms with Gasteiger partial charge in [0, 0.05) is 23.5 Å². The normalized spacial score (nSPS) is 13.3. The van der Waals surface area contributed by atoms with Crippen molar-refractivity contribution >= 4 is 17.5 Å². The van der Waals surface area contributed by atoms with Crippen molar-refractivity contribution in [3.63, 3.8) is 0 Å². The number of rotatable bonds is 5. The second kappa shape index (κ2) is 6.48. The van der Waals surface area contributed by atoms with Gasteiger partial charge in [-0.25, -0.2) is 0 Å². The molecule has 6 heteroatoms. The van der Waals surface area contributed by atoms with E-state index in [1.165, 1.54) is 12.3 Å². The first-order valence-corrected chi connectivity index (χ1v) is 7.38. The third kappa shape index (κ3) is 3.85. The molecule has 1 fully saturated rings. The molecule has 2 aromatic rings. The predicted molar refractivity (Wildman–Crippen MR) is 85.7 cm³/mol. The number of carbonyl (C=O) groups excluding carboxylic acids is 2. The number of aromatic nitrogens is 1. The third-order valence-corrected chi connectivity index (χ3v) is 3.52. The largest absolute Gasteiger partial charge is 0.497 e. The number of nitrogens with one attached hydrogen (secondary N) is 2. The van der Waals surface area contributed by atoms with Crippen LogP contribution in [0.1, 0.15) is 33.7 Å². The summed E-state index contributed by atoms with van der Waals surface area (Å²) < 4.78 is 5.07. The standard InChI is InChI=1S/C17H17N3O3/c1-23-14-6-4-13(5-7-14)20-17(22)15-10-11(8-9-18-15)16(21)19-12-2-3-12/h4-10,12H,2-3H2,1H3,(H,19,21)(H,20,22). The Balaban J connectivity index is 1.69. The molecule has 1 saturated carbocycles. The molecule has 6 nitrogen and oxygen atoms in total. The Hall–Kier alpha value is -2.89. The summed E-state index contributed by atoms with van der Waals surface area (Å²) >= 11 is 0. The van der Waals surface area contributed by atoms with Gasteiger partial charge in [-0.2, -0.15) is 0 Å². The van der Waals surface area contributed by atoms with Gasteiger partial charge in [-0.3, -0.25) is 14.6 Å². The number of anilines is 1. The molecule has 0 unspecified atom stereocenters. The fraction of sp³-hybridized carbons (Fsp3) is 0.235. The van der Waals surface area contributed by atoms with E-state index in [2.05, 4.69) is 15.6 Å². The molecule has 23 heavy (non-hydrogen) atoms. The van der Waals surface area contributed by atoms with E-state index in [1.807, 2.05) is 0 Å². The first kappa shape index (κ1) is 15.0. The van der Waals surface area contributed by atoms with Crippen LogP contribution in [-0.4, -0.2) is 29.9 Å². The molecular weight excluding hydrogens is 294 g/mol. The minimum absolute atomic E-state index is 0.173. The van der Waals surface area contributed by atoms with Crippen LogP contribution >= 0.6 is 0 Å². The van der Waals surface area contributed by atoms with E-state index >= 15 is 0 Å². The van der Waals surface area contributed by atoms with Crippen LogP contribution in [0.3, 0.4) is 0 Å². The van der Waals surface area contributed by atoms with E-state index in [4.69, 9.17) is 4.74 Å².